The SMILES string of the molecule is O=C(N[C@H]1CCC[C@H]2CCCC[C@@H]21)c1ccccc1. The van der Waals surface area contributed by atoms with Gasteiger partial charge in [0.25, 0.3) is 5.91 Å². The van der Waals surface area contributed by atoms with Crippen LogP contribution in [0.2, 0.25) is 0 Å². The Balaban J connectivity index is 1.66. The van der Waals surface area contributed by atoms with Crippen LogP contribution in [0.5, 0.6) is 0 Å². The second-order valence-corrected chi connectivity index (χ2v) is 6.09. The van der Waals surface area contributed by atoms with Crippen LogP contribution >= 0.6 is 0 Å². The van der Waals surface area contributed by atoms with Crippen LogP contribution in [0.15, 0.2) is 30.3 Å². The Bertz CT molecular complexity index is 426. The van der Waals surface area contributed by atoms with E-state index in [1.807, 2.05) is 30.3 Å². The van der Waals surface area contributed by atoms with Gasteiger partial charge >= 0.3 is 0 Å². The normalized spacial score (nSPS) is 30.4. The van der Waals surface area contributed by atoms with E-state index in [1.165, 1.54) is 44.9 Å². The van der Waals surface area contributed by atoms with Crippen LogP contribution in [-0.4, -0.2) is 11.9 Å². The zero-order chi connectivity index (χ0) is 13.1. The number of hydrogen-bond donors (Lipinski definition) is 1. The third kappa shape index (κ3) is 2.83. The Labute approximate surface area is 115 Å². The molecule has 0 saturated heterocycles. The second kappa shape index (κ2) is 5.77. The minimum absolute atomic E-state index is 0.108. The minimum Gasteiger partial charge on any atom is -0.349 e. The highest BCUT2D eigenvalue weighted by Gasteiger charge is 2.35. The van der Waals surface area contributed by atoms with E-state index >= 15 is 0 Å². The molecule has 1 aromatic rings. The molecule has 2 aliphatic rings. The highest BCUT2D eigenvalue weighted by molar-refractivity contribution is 5.94. The number of carbonyl (C=O) groups excluding carboxylic acids is 1. The van der Waals surface area contributed by atoms with Gasteiger partial charge < -0.3 is 5.32 Å². The van der Waals surface area contributed by atoms with Crippen molar-refractivity contribution >= 4 is 5.91 Å². The van der Waals surface area contributed by atoms with Gasteiger partial charge in [0.1, 0.15) is 0 Å². The van der Waals surface area contributed by atoms with Crippen molar-refractivity contribution < 1.29 is 4.79 Å². The summed E-state index contributed by atoms with van der Waals surface area (Å²) in [6.45, 7) is 0. The van der Waals surface area contributed by atoms with Crippen LogP contribution in [0.3, 0.4) is 0 Å². The van der Waals surface area contributed by atoms with E-state index in [2.05, 4.69) is 5.32 Å². The van der Waals surface area contributed by atoms with Crippen LogP contribution in [0.4, 0.5) is 0 Å². The van der Waals surface area contributed by atoms with Crippen LogP contribution in [0.25, 0.3) is 0 Å². The third-order valence-electron chi connectivity index (χ3n) is 4.93. The zero-order valence-electron chi connectivity index (χ0n) is 11.5. The molecule has 0 spiro atoms. The number of hydrogen-bond acceptors (Lipinski definition) is 1. The van der Waals surface area contributed by atoms with Gasteiger partial charge in [0.2, 0.25) is 0 Å². The molecule has 1 aromatic carbocycles. The third-order valence-corrected chi connectivity index (χ3v) is 4.93. The van der Waals surface area contributed by atoms with Gasteiger partial charge in [-0.2, -0.15) is 0 Å². The van der Waals surface area contributed by atoms with Crippen LogP contribution in [0.1, 0.15) is 55.3 Å². The maximum absolute atomic E-state index is 12.3. The molecule has 0 unspecified atom stereocenters. The number of carbonyl (C=O) groups is 1. The Morgan fingerprint density at radius 3 is 2.53 bits per heavy atom. The lowest BCUT2D eigenvalue weighted by Gasteiger charge is -2.41. The van der Waals surface area contributed by atoms with Gasteiger partial charge in [-0.3, -0.25) is 4.79 Å². The quantitative estimate of drug-likeness (QED) is 0.858. The predicted molar refractivity (Wildman–Crippen MR) is 77.0 cm³/mol. The molecular formula is C17H23NO. The molecule has 1 N–H and O–H groups in total. The van der Waals surface area contributed by atoms with Crippen molar-refractivity contribution in [2.45, 2.75) is 51.0 Å². The molecule has 0 heterocycles. The van der Waals surface area contributed by atoms with Crippen molar-refractivity contribution in [3.05, 3.63) is 35.9 Å². The van der Waals surface area contributed by atoms with Crippen molar-refractivity contribution in [1.82, 2.24) is 5.32 Å². The first-order valence-corrected chi connectivity index (χ1v) is 7.70. The maximum Gasteiger partial charge on any atom is 0.251 e. The Morgan fingerprint density at radius 2 is 1.68 bits per heavy atom. The molecule has 102 valence electrons. The fourth-order valence-electron chi connectivity index (χ4n) is 3.96. The first-order valence-electron chi connectivity index (χ1n) is 7.70. The molecule has 0 radical (unpaired) electrons. The Morgan fingerprint density at radius 1 is 0.947 bits per heavy atom. The fraction of sp³-hybridized carbons (Fsp3) is 0.588. The molecular weight excluding hydrogens is 234 g/mol. The molecule has 0 aliphatic heterocycles. The lowest BCUT2D eigenvalue weighted by atomic mass is 9.68. The van der Waals surface area contributed by atoms with E-state index in [0.29, 0.717) is 6.04 Å². The summed E-state index contributed by atoms with van der Waals surface area (Å²) in [4.78, 5) is 12.3. The van der Waals surface area contributed by atoms with E-state index < -0.39 is 0 Å². The summed E-state index contributed by atoms with van der Waals surface area (Å²) >= 11 is 0. The van der Waals surface area contributed by atoms with Crippen LogP contribution in [0, 0.1) is 11.8 Å². The molecule has 2 heteroatoms. The predicted octanol–water partition coefficient (Wildman–Crippen LogP) is 3.78. The summed E-state index contributed by atoms with van der Waals surface area (Å²) in [6, 6.07) is 10.0. The number of fused-ring (bicyclic) bond motifs is 1. The summed E-state index contributed by atoms with van der Waals surface area (Å²) in [5.41, 5.74) is 0.792. The largest absolute Gasteiger partial charge is 0.349 e. The molecule has 19 heavy (non-hydrogen) atoms. The molecule has 2 saturated carbocycles. The van der Waals surface area contributed by atoms with Crippen LogP contribution in [-0.2, 0) is 0 Å². The molecule has 1 amide bonds. The highest BCUT2D eigenvalue weighted by atomic mass is 16.1. The van der Waals surface area contributed by atoms with E-state index in [4.69, 9.17) is 0 Å². The van der Waals surface area contributed by atoms with Gasteiger partial charge in [0, 0.05) is 11.6 Å². The molecule has 0 aromatic heterocycles. The van der Waals surface area contributed by atoms with Gasteiger partial charge in [-0.15, -0.1) is 0 Å². The summed E-state index contributed by atoms with van der Waals surface area (Å²) in [5.74, 6) is 1.70. The average molecular weight is 257 g/mol. The van der Waals surface area contributed by atoms with Gasteiger partial charge in [0.05, 0.1) is 0 Å². The smallest absolute Gasteiger partial charge is 0.251 e. The van der Waals surface area contributed by atoms with Gasteiger partial charge in [-0.25, -0.2) is 0 Å². The van der Waals surface area contributed by atoms with E-state index in [9.17, 15) is 4.79 Å². The topological polar surface area (TPSA) is 29.1 Å². The summed E-state index contributed by atoms with van der Waals surface area (Å²) in [6.07, 6.45) is 9.25. The summed E-state index contributed by atoms with van der Waals surface area (Å²) in [5, 5.41) is 3.30. The lowest BCUT2D eigenvalue weighted by Crippen LogP contribution is -2.46. The molecule has 2 aliphatic carbocycles. The lowest BCUT2D eigenvalue weighted by molar-refractivity contribution is 0.0823. The van der Waals surface area contributed by atoms with E-state index in [-0.39, 0.29) is 5.91 Å². The number of amides is 1. The van der Waals surface area contributed by atoms with Crippen molar-refractivity contribution in [1.29, 1.82) is 0 Å². The standard InChI is InChI=1S/C17H23NO/c19-17(14-8-2-1-3-9-14)18-16-12-6-10-13-7-4-5-11-15(13)16/h1-3,8-9,13,15-16H,4-7,10-12H2,(H,18,19)/t13-,15+,16+/m1/s1. The van der Waals surface area contributed by atoms with Crippen molar-refractivity contribution in [3.63, 3.8) is 0 Å². The van der Waals surface area contributed by atoms with Gasteiger partial charge in [-0.05, 0) is 36.8 Å². The molecule has 3 atom stereocenters. The van der Waals surface area contributed by atoms with Gasteiger partial charge in [-0.1, -0.05) is 50.3 Å². The first-order chi connectivity index (χ1) is 9.34. The summed E-state index contributed by atoms with van der Waals surface area (Å²) in [7, 11) is 0. The Hall–Kier alpha value is -1.31. The summed E-state index contributed by atoms with van der Waals surface area (Å²) < 4.78 is 0. The van der Waals surface area contributed by atoms with Crippen molar-refractivity contribution in [2.24, 2.45) is 11.8 Å². The molecule has 3 rings (SSSR count). The van der Waals surface area contributed by atoms with Gasteiger partial charge in [0.15, 0.2) is 0 Å². The fourth-order valence-corrected chi connectivity index (χ4v) is 3.96. The first kappa shape index (κ1) is 12.7. The number of nitrogens with one attached hydrogen (secondary N) is 1. The highest BCUT2D eigenvalue weighted by Crippen LogP contribution is 2.40. The number of benzene rings is 1. The monoisotopic (exact) mass is 257 g/mol. The number of rotatable bonds is 2. The average Bonchev–Trinajstić information content (AvgIpc) is 2.48. The van der Waals surface area contributed by atoms with E-state index in [1.54, 1.807) is 0 Å². The molecule has 2 fully saturated rings. The molecule has 2 nitrogen and oxygen atoms in total. The van der Waals surface area contributed by atoms with Crippen molar-refractivity contribution in [2.75, 3.05) is 0 Å². The maximum atomic E-state index is 12.3. The molecule has 0 bridgehead atoms. The van der Waals surface area contributed by atoms with E-state index in [0.717, 1.165) is 17.4 Å². The minimum atomic E-state index is 0.108. The second-order valence-electron chi connectivity index (χ2n) is 6.09. The van der Waals surface area contributed by atoms with Crippen LogP contribution < -0.4 is 5.32 Å². The zero-order valence-corrected chi connectivity index (χ0v) is 11.5. The van der Waals surface area contributed by atoms with Crippen molar-refractivity contribution in [3.8, 4) is 0 Å². The Kier molecular flexibility index (Phi) is 3.86.